The summed E-state index contributed by atoms with van der Waals surface area (Å²) < 4.78 is 88.0. The number of ether oxygens (including phenoxy) is 3. The summed E-state index contributed by atoms with van der Waals surface area (Å²) in [6, 6.07) is 14.2. The number of hydrogen-bond donors (Lipinski definition) is 2. The van der Waals surface area contributed by atoms with Gasteiger partial charge < -0.3 is 24.2 Å². The molecule has 12 nitrogen and oxygen atoms in total. The number of benzene rings is 3. The van der Waals surface area contributed by atoms with Gasteiger partial charge in [-0.15, -0.1) is 0 Å². The van der Waals surface area contributed by atoms with Gasteiger partial charge in [0.05, 0.1) is 47.3 Å². The number of aliphatic hydroxyl groups is 1. The van der Waals surface area contributed by atoms with Crippen molar-refractivity contribution >= 4 is 31.6 Å². The summed E-state index contributed by atoms with van der Waals surface area (Å²) in [4.78, 5) is 15.8. The fraction of sp³-hybridized carbons (Fsp3) is 0.457. The van der Waals surface area contributed by atoms with Crippen molar-refractivity contribution in [2.45, 2.75) is 68.1 Å². The Labute approximate surface area is 294 Å². The van der Waals surface area contributed by atoms with E-state index in [0.717, 1.165) is 22.9 Å². The van der Waals surface area contributed by atoms with Crippen molar-refractivity contribution < 1.29 is 45.3 Å². The highest BCUT2D eigenvalue weighted by molar-refractivity contribution is 7.92. The molecule has 274 valence electrons. The number of likely N-dealkylation sites (N-methyl/N-ethyl adjacent to an activating group) is 1. The van der Waals surface area contributed by atoms with Gasteiger partial charge in [0, 0.05) is 38.3 Å². The van der Waals surface area contributed by atoms with Crippen LogP contribution in [0.1, 0.15) is 50.4 Å². The van der Waals surface area contributed by atoms with E-state index in [2.05, 4.69) is 4.72 Å². The molecule has 2 N–H and O–H groups in total. The third kappa shape index (κ3) is 9.72. The number of carbonyl (C=O) groups excluding carboxylic acids is 1. The van der Waals surface area contributed by atoms with Gasteiger partial charge in [-0.3, -0.25) is 9.52 Å². The van der Waals surface area contributed by atoms with Crippen LogP contribution < -0.4 is 14.2 Å². The lowest BCUT2D eigenvalue weighted by atomic mass is 10.0. The van der Waals surface area contributed by atoms with Crippen LogP contribution in [-0.2, 0) is 24.8 Å². The minimum atomic E-state index is -4.04. The van der Waals surface area contributed by atoms with Crippen LogP contribution in [0.3, 0.4) is 0 Å². The standard InChI is InChI=1S/C35H46FN3O9S2/c1-24-21-39(25(2)23-40)35(41)32-20-28(37-49(42,43)30-16-12-29(46-5)13-17-30)11-18-33(32)48-26(3)8-6-7-19-47-34(24)22-38(4)50(44,45)31-14-9-27(36)10-15-31/h9-18,20,24-26,34,37,40H,6-8,19,21-23H2,1-5H3/t24-,25+,26+,34-/m1/s1. The molecule has 1 amide bonds. The van der Waals surface area contributed by atoms with Crippen LogP contribution in [0.4, 0.5) is 10.1 Å². The third-order valence-corrected chi connectivity index (χ3v) is 11.9. The molecule has 4 rings (SSSR count). The van der Waals surface area contributed by atoms with Crippen molar-refractivity contribution in [2.24, 2.45) is 5.92 Å². The molecule has 4 atom stereocenters. The zero-order chi connectivity index (χ0) is 36.6. The molecule has 0 fully saturated rings. The van der Waals surface area contributed by atoms with Gasteiger partial charge >= 0.3 is 0 Å². The van der Waals surface area contributed by atoms with E-state index in [4.69, 9.17) is 14.2 Å². The summed E-state index contributed by atoms with van der Waals surface area (Å²) in [5.74, 6) is -0.752. The number of carbonyl (C=O) groups is 1. The van der Waals surface area contributed by atoms with Crippen molar-refractivity contribution in [3.63, 3.8) is 0 Å². The predicted molar refractivity (Wildman–Crippen MR) is 187 cm³/mol. The van der Waals surface area contributed by atoms with Crippen molar-refractivity contribution in [1.82, 2.24) is 9.21 Å². The molecule has 0 saturated heterocycles. The summed E-state index contributed by atoms with van der Waals surface area (Å²) in [7, 11) is -5.13. The first-order chi connectivity index (χ1) is 23.7. The van der Waals surface area contributed by atoms with E-state index in [1.54, 1.807) is 13.0 Å². The summed E-state index contributed by atoms with van der Waals surface area (Å²) in [5, 5.41) is 10.2. The van der Waals surface area contributed by atoms with E-state index in [1.807, 2.05) is 13.8 Å². The van der Waals surface area contributed by atoms with Crippen LogP contribution >= 0.6 is 0 Å². The summed E-state index contributed by atoms with van der Waals surface area (Å²) >= 11 is 0. The van der Waals surface area contributed by atoms with Gasteiger partial charge in [-0.2, -0.15) is 4.31 Å². The van der Waals surface area contributed by atoms with E-state index in [0.29, 0.717) is 25.2 Å². The number of methoxy groups -OCH3 is 1. The van der Waals surface area contributed by atoms with Crippen molar-refractivity contribution in [3.8, 4) is 11.5 Å². The number of amides is 1. The summed E-state index contributed by atoms with van der Waals surface area (Å²) in [5.41, 5.74) is 0.216. The van der Waals surface area contributed by atoms with Gasteiger partial charge in [-0.05, 0) is 99.8 Å². The van der Waals surface area contributed by atoms with E-state index >= 15 is 0 Å². The predicted octanol–water partition coefficient (Wildman–Crippen LogP) is 4.75. The highest BCUT2D eigenvalue weighted by Crippen LogP contribution is 2.30. The lowest BCUT2D eigenvalue weighted by Crippen LogP contribution is -2.48. The van der Waals surface area contributed by atoms with Gasteiger partial charge in [0.25, 0.3) is 15.9 Å². The van der Waals surface area contributed by atoms with Crippen molar-refractivity contribution in [1.29, 1.82) is 0 Å². The SMILES string of the molecule is COc1ccc(S(=O)(=O)Nc2ccc3c(c2)C(=O)N([C@@H](C)CO)C[C@@H](C)[C@@H](CN(C)S(=O)(=O)c2ccc(F)cc2)OCCCC[C@H](C)O3)cc1. The van der Waals surface area contributed by atoms with Gasteiger partial charge in [-0.25, -0.2) is 21.2 Å². The molecule has 0 aliphatic carbocycles. The molecule has 0 saturated carbocycles. The fourth-order valence-corrected chi connectivity index (χ4v) is 7.79. The Morgan fingerprint density at radius 1 is 1.02 bits per heavy atom. The number of halogens is 1. The smallest absolute Gasteiger partial charge is 0.261 e. The topological polar surface area (TPSA) is 152 Å². The Morgan fingerprint density at radius 3 is 2.32 bits per heavy atom. The molecule has 3 aromatic carbocycles. The zero-order valence-corrected chi connectivity index (χ0v) is 30.5. The van der Waals surface area contributed by atoms with E-state index < -0.39 is 49.8 Å². The number of nitrogens with zero attached hydrogens (tertiary/aromatic N) is 2. The highest BCUT2D eigenvalue weighted by atomic mass is 32.2. The van der Waals surface area contributed by atoms with Crippen LogP contribution in [0.2, 0.25) is 0 Å². The number of aliphatic hydroxyl groups excluding tert-OH is 1. The Hall–Kier alpha value is -3.76. The molecule has 0 bridgehead atoms. The molecule has 0 aromatic heterocycles. The maximum atomic E-state index is 14.4. The van der Waals surface area contributed by atoms with Crippen LogP contribution in [0.25, 0.3) is 0 Å². The second-order valence-electron chi connectivity index (χ2n) is 12.5. The minimum absolute atomic E-state index is 0.00334. The van der Waals surface area contributed by atoms with E-state index in [9.17, 15) is 31.1 Å². The molecule has 3 aromatic rings. The largest absolute Gasteiger partial charge is 0.497 e. The normalized spacial score (nSPS) is 20.4. The van der Waals surface area contributed by atoms with Crippen LogP contribution in [0.5, 0.6) is 11.5 Å². The average molecular weight is 736 g/mol. The molecule has 0 radical (unpaired) electrons. The molecule has 1 aliphatic heterocycles. The number of fused-ring (bicyclic) bond motifs is 1. The van der Waals surface area contributed by atoms with Gasteiger partial charge in [-0.1, -0.05) is 6.92 Å². The molecule has 0 unspecified atom stereocenters. The number of nitrogens with one attached hydrogen (secondary N) is 1. The Morgan fingerprint density at radius 2 is 1.68 bits per heavy atom. The van der Waals surface area contributed by atoms with Crippen LogP contribution in [0.15, 0.2) is 76.5 Å². The Balaban J connectivity index is 1.67. The van der Waals surface area contributed by atoms with Crippen LogP contribution in [-0.4, -0.2) is 95.8 Å². The first kappa shape index (κ1) is 39.0. The lowest BCUT2D eigenvalue weighted by molar-refractivity contribution is -0.00834. The molecule has 50 heavy (non-hydrogen) atoms. The highest BCUT2D eigenvalue weighted by Gasteiger charge is 2.32. The zero-order valence-electron chi connectivity index (χ0n) is 28.9. The molecule has 1 heterocycles. The average Bonchev–Trinajstić information content (AvgIpc) is 3.09. The first-order valence-corrected chi connectivity index (χ1v) is 19.3. The molecule has 15 heteroatoms. The third-order valence-electron chi connectivity index (χ3n) is 8.63. The van der Waals surface area contributed by atoms with E-state index in [-0.39, 0.29) is 52.6 Å². The lowest BCUT2D eigenvalue weighted by Gasteiger charge is -2.35. The van der Waals surface area contributed by atoms with E-state index in [1.165, 1.54) is 67.6 Å². The minimum Gasteiger partial charge on any atom is -0.497 e. The first-order valence-electron chi connectivity index (χ1n) is 16.4. The fourth-order valence-electron chi connectivity index (χ4n) is 5.56. The number of hydrogen-bond acceptors (Lipinski definition) is 9. The molecule has 0 spiro atoms. The molecular formula is C35H46FN3O9S2. The number of rotatable bonds is 10. The quantitative estimate of drug-likeness (QED) is 0.301. The Kier molecular flexibility index (Phi) is 13.2. The maximum absolute atomic E-state index is 14.4. The summed E-state index contributed by atoms with van der Waals surface area (Å²) in [6.45, 7) is 5.35. The van der Waals surface area contributed by atoms with Gasteiger partial charge in [0.15, 0.2) is 0 Å². The second kappa shape index (κ2) is 17.0. The van der Waals surface area contributed by atoms with Crippen molar-refractivity contribution in [3.05, 3.63) is 78.1 Å². The van der Waals surface area contributed by atoms with Crippen LogP contribution in [0, 0.1) is 11.7 Å². The van der Waals surface area contributed by atoms with Crippen molar-refractivity contribution in [2.75, 3.05) is 45.2 Å². The maximum Gasteiger partial charge on any atom is 0.261 e. The van der Waals surface area contributed by atoms with Gasteiger partial charge in [0.2, 0.25) is 10.0 Å². The van der Waals surface area contributed by atoms with Gasteiger partial charge in [0.1, 0.15) is 17.3 Å². The molecule has 1 aliphatic rings. The molecular weight excluding hydrogens is 690 g/mol. The Bertz CT molecular complexity index is 1810. The monoisotopic (exact) mass is 735 g/mol. The summed E-state index contributed by atoms with van der Waals surface area (Å²) in [6.07, 6.45) is 1.05. The number of sulfonamides is 2. The number of anilines is 1. The second-order valence-corrected chi connectivity index (χ2v) is 16.3.